The summed E-state index contributed by atoms with van der Waals surface area (Å²) in [6, 6.07) is 19.3. The topological polar surface area (TPSA) is 71.5 Å². The zero-order chi connectivity index (χ0) is 22.8. The van der Waals surface area contributed by atoms with Gasteiger partial charge < -0.3 is 4.90 Å². The molecule has 0 aromatic heterocycles. The predicted octanol–water partition coefficient (Wildman–Crippen LogP) is 4.62. The van der Waals surface area contributed by atoms with Gasteiger partial charge in [-0.3, -0.25) is 0 Å². The van der Waals surface area contributed by atoms with E-state index in [2.05, 4.69) is 0 Å². The van der Waals surface area contributed by atoms with Crippen LogP contribution in [-0.4, -0.2) is 30.9 Å². The Hall–Kier alpha value is -2.90. The van der Waals surface area contributed by atoms with Crippen molar-refractivity contribution in [3.63, 3.8) is 0 Å². The molecular formula is C24H25NO4S2. The van der Waals surface area contributed by atoms with E-state index in [-0.39, 0.29) is 9.79 Å². The SMILES string of the molecule is Cc1ccc(S(=O)(=O)C(=Cc2ccc(N(C)C)cc2)S(=O)(=O)c2ccc(C)cc2)cc1. The summed E-state index contributed by atoms with van der Waals surface area (Å²) >= 11 is 0. The van der Waals surface area contributed by atoms with E-state index in [1.165, 1.54) is 30.3 Å². The number of rotatable bonds is 6. The van der Waals surface area contributed by atoms with Crippen LogP contribution in [0.15, 0.2) is 86.8 Å². The molecule has 7 heteroatoms. The largest absolute Gasteiger partial charge is 0.378 e. The van der Waals surface area contributed by atoms with E-state index in [1.807, 2.05) is 32.8 Å². The normalized spacial score (nSPS) is 11.7. The summed E-state index contributed by atoms with van der Waals surface area (Å²) in [5.74, 6) is 0. The van der Waals surface area contributed by atoms with Crippen LogP contribution in [0.5, 0.6) is 0 Å². The molecule has 0 unspecified atom stereocenters. The van der Waals surface area contributed by atoms with Crippen LogP contribution < -0.4 is 4.90 Å². The van der Waals surface area contributed by atoms with Crippen molar-refractivity contribution in [1.29, 1.82) is 0 Å². The van der Waals surface area contributed by atoms with Gasteiger partial charge in [0.2, 0.25) is 19.7 Å². The maximum Gasteiger partial charge on any atom is 0.217 e. The van der Waals surface area contributed by atoms with Crippen LogP contribution in [0, 0.1) is 13.8 Å². The second-order valence-electron chi connectivity index (χ2n) is 7.58. The average Bonchev–Trinajstić information content (AvgIpc) is 2.72. The molecule has 31 heavy (non-hydrogen) atoms. The highest BCUT2D eigenvalue weighted by atomic mass is 32.3. The summed E-state index contributed by atoms with van der Waals surface area (Å²) < 4.78 is 53.2. The van der Waals surface area contributed by atoms with Gasteiger partial charge in [-0.25, -0.2) is 16.8 Å². The summed E-state index contributed by atoms with van der Waals surface area (Å²) in [6.07, 6.45) is 1.23. The highest BCUT2D eigenvalue weighted by Gasteiger charge is 2.33. The lowest BCUT2D eigenvalue weighted by Gasteiger charge is -2.13. The van der Waals surface area contributed by atoms with Gasteiger partial charge in [-0.2, -0.15) is 0 Å². The standard InChI is InChI=1S/C24H25NO4S2/c1-18-5-13-22(14-6-18)30(26,27)24(17-20-9-11-21(12-10-20)25(3)4)31(28,29)23-15-7-19(2)8-16-23/h5-17H,1-4H3. The summed E-state index contributed by atoms with van der Waals surface area (Å²) in [7, 11) is -4.81. The average molecular weight is 456 g/mol. The smallest absolute Gasteiger partial charge is 0.217 e. The number of aryl methyl sites for hydroxylation is 2. The van der Waals surface area contributed by atoms with Gasteiger partial charge in [0, 0.05) is 19.8 Å². The number of nitrogens with zero attached hydrogens (tertiary/aromatic N) is 1. The lowest BCUT2D eigenvalue weighted by atomic mass is 10.2. The lowest BCUT2D eigenvalue weighted by molar-refractivity contribution is 0.595. The molecule has 162 valence electrons. The van der Waals surface area contributed by atoms with Crippen molar-refractivity contribution in [2.24, 2.45) is 0 Å². The van der Waals surface area contributed by atoms with Gasteiger partial charge in [0.15, 0.2) is 4.24 Å². The monoisotopic (exact) mass is 455 g/mol. The maximum absolute atomic E-state index is 13.5. The number of anilines is 1. The van der Waals surface area contributed by atoms with Crippen LogP contribution in [0.1, 0.15) is 16.7 Å². The molecule has 3 aromatic rings. The van der Waals surface area contributed by atoms with Crippen LogP contribution in [0.25, 0.3) is 6.08 Å². The maximum atomic E-state index is 13.5. The number of hydrogen-bond acceptors (Lipinski definition) is 5. The molecule has 5 nitrogen and oxygen atoms in total. The molecule has 0 spiro atoms. The minimum Gasteiger partial charge on any atom is -0.378 e. The van der Waals surface area contributed by atoms with E-state index >= 15 is 0 Å². The zero-order valence-corrected chi connectivity index (χ0v) is 19.5. The minimum absolute atomic E-state index is 0.0649. The molecule has 0 radical (unpaired) electrons. The molecule has 0 atom stereocenters. The second-order valence-corrected chi connectivity index (χ2v) is 11.7. The van der Waals surface area contributed by atoms with E-state index in [0.29, 0.717) is 5.56 Å². The van der Waals surface area contributed by atoms with Crippen LogP contribution in [0.3, 0.4) is 0 Å². The Kier molecular flexibility index (Phi) is 6.38. The molecule has 0 N–H and O–H groups in total. The molecular weight excluding hydrogens is 430 g/mol. The first-order valence-corrected chi connectivity index (χ1v) is 12.6. The second kappa shape index (κ2) is 8.69. The molecule has 0 aliphatic rings. The number of hydrogen-bond donors (Lipinski definition) is 0. The number of sulfone groups is 2. The Morgan fingerprint density at radius 1 is 0.645 bits per heavy atom. The fraction of sp³-hybridized carbons (Fsp3) is 0.167. The van der Waals surface area contributed by atoms with Gasteiger partial charge >= 0.3 is 0 Å². The molecule has 0 aliphatic heterocycles. The van der Waals surface area contributed by atoms with Crippen molar-refractivity contribution in [3.8, 4) is 0 Å². The van der Waals surface area contributed by atoms with Gasteiger partial charge in [0.1, 0.15) is 0 Å². The van der Waals surface area contributed by atoms with Gasteiger partial charge in [0.25, 0.3) is 0 Å². The van der Waals surface area contributed by atoms with Gasteiger partial charge in [-0.05, 0) is 61.9 Å². The summed E-state index contributed by atoms with van der Waals surface area (Å²) in [6.45, 7) is 3.67. The van der Waals surface area contributed by atoms with E-state index in [0.717, 1.165) is 16.8 Å². The third kappa shape index (κ3) is 4.89. The first-order valence-electron chi connectivity index (χ1n) is 9.64. The van der Waals surface area contributed by atoms with Crippen molar-refractivity contribution in [1.82, 2.24) is 0 Å². The Balaban J connectivity index is 2.22. The number of benzene rings is 3. The van der Waals surface area contributed by atoms with Gasteiger partial charge in [-0.15, -0.1) is 0 Å². The first-order chi connectivity index (χ1) is 14.5. The molecule has 0 bridgehead atoms. The third-order valence-electron chi connectivity index (χ3n) is 4.89. The Bertz CT molecular complexity index is 1230. The van der Waals surface area contributed by atoms with Crippen LogP contribution >= 0.6 is 0 Å². The molecule has 0 amide bonds. The fourth-order valence-electron chi connectivity index (χ4n) is 2.97. The predicted molar refractivity (Wildman–Crippen MR) is 125 cm³/mol. The van der Waals surface area contributed by atoms with E-state index < -0.39 is 23.9 Å². The summed E-state index contributed by atoms with van der Waals surface area (Å²) in [5, 5.41) is 0. The Morgan fingerprint density at radius 3 is 1.39 bits per heavy atom. The van der Waals surface area contributed by atoms with Crippen molar-refractivity contribution in [3.05, 3.63) is 93.7 Å². The molecule has 0 saturated heterocycles. The van der Waals surface area contributed by atoms with Gasteiger partial charge in [-0.1, -0.05) is 47.5 Å². The Labute approximate surface area is 184 Å². The summed E-state index contributed by atoms with van der Waals surface area (Å²) in [4.78, 5) is 1.77. The van der Waals surface area contributed by atoms with E-state index in [9.17, 15) is 16.8 Å². The van der Waals surface area contributed by atoms with E-state index in [1.54, 1.807) is 48.5 Å². The minimum atomic E-state index is -4.30. The highest BCUT2D eigenvalue weighted by Crippen LogP contribution is 2.31. The third-order valence-corrected chi connectivity index (χ3v) is 9.28. The molecule has 0 saturated carbocycles. The van der Waals surface area contributed by atoms with Crippen LogP contribution in [0.4, 0.5) is 5.69 Å². The summed E-state index contributed by atoms with van der Waals surface area (Å²) in [5.41, 5.74) is 3.16. The van der Waals surface area contributed by atoms with Crippen molar-refractivity contribution in [2.75, 3.05) is 19.0 Å². The molecule has 0 fully saturated rings. The fourth-order valence-corrected chi connectivity index (χ4v) is 6.74. The quantitative estimate of drug-likeness (QED) is 0.543. The first kappa shape index (κ1) is 22.8. The van der Waals surface area contributed by atoms with Crippen molar-refractivity contribution in [2.45, 2.75) is 23.6 Å². The lowest BCUT2D eigenvalue weighted by Crippen LogP contribution is -2.15. The molecule has 3 rings (SSSR count). The van der Waals surface area contributed by atoms with Crippen LogP contribution in [-0.2, 0) is 19.7 Å². The van der Waals surface area contributed by atoms with Gasteiger partial charge in [0.05, 0.1) is 9.79 Å². The molecule has 0 aliphatic carbocycles. The molecule has 3 aromatic carbocycles. The highest BCUT2D eigenvalue weighted by molar-refractivity contribution is 8.14. The Morgan fingerprint density at radius 2 is 1.03 bits per heavy atom. The van der Waals surface area contributed by atoms with Crippen molar-refractivity contribution < 1.29 is 16.8 Å². The van der Waals surface area contributed by atoms with E-state index in [4.69, 9.17) is 0 Å². The molecule has 0 heterocycles. The van der Waals surface area contributed by atoms with Crippen LogP contribution in [0.2, 0.25) is 0 Å². The van der Waals surface area contributed by atoms with Crippen molar-refractivity contribution >= 4 is 31.4 Å². The zero-order valence-electron chi connectivity index (χ0n) is 17.9.